The maximum absolute atomic E-state index is 12.6. The molecule has 1 aliphatic heterocycles. The van der Waals surface area contributed by atoms with Crippen molar-refractivity contribution in [3.05, 3.63) is 11.7 Å². The van der Waals surface area contributed by atoms with Gasteiger partial charge in [-0.25, -0.2) is 0 Å². The number of nitrogens with one attached hydrogen (secondary N) is 1. The van der Waals surface area contributed by atoms with Crippen molar-refractivity contribution in [3.63, 3.8) is 0 Å². The summed E-state index contributed by atoms with van der Waals surface area (Å²) in [6.07, 6.45) is -7.90. The van der Waals surface area contributed by atoms with Gasteiger partial charge in [-0.3, -0.25) is 0 Å². The Hall–Kier alpha value is -1.32. The molecule has 0 saturated carbocycles. The summed E-state index contributed by atoms with van der Waals surface area (Å²) in [7, 11) is 0. The highest BCUT2D eigenvalue weighted by atomic mass is 19.4. The first-order valence-electron chi connectivity index (χ1n) is 6.40. The summed E-state index contributed by atoms with van der Waals surface area (Å²) >= 11 is 0. The number of rotatable bonds is 2. The molecule has 0 radical (unpaired) electrons. The van der Waals surface area contributed by atoms with Gasteiger partial charge in [-0.1, -0.05) is 18.0 Å². The monoisotopic (exact) mass is 317 g/mol. The molecule has 1 fully saturated rings. The molecule has 2 rings (SSSR count). The molecule has 1 aromatic rings. The van der Waals surface area contributed by atoms with Gasteiger partial charge in [-0.05, 0) is 19.4 Å². The molecule has 1 unspecified atom stereocenters. The lowest BCUT2D eigenvalue weighted by Gasteiger charge is -2.19. The highest BCUT2D eigenvalue weighted by Gasteiger charge is 2.61. The van der Waals surface area contributed by atoms with E-state index in [1.165, 1.54) is 0 Å². The van der Waals surface area contributed by atoms with Crippen LogP contribution in [0, 0.1) is 0 Å². The van der Waals surface area contributed by atoms with Crippen LogP contribution in [-0.4, -0.2) is 29.0 Å². The predicted molar refractivity (Wildman–Crippen MR) is 58.4 cm³/mol. The van der Waals surface area contributed by atoms with Gasteiger partial charge in [0.25, 0.3) is 0 Å². The molecule has 10 heteroatoms. The van der Waals surface area contributed by atoms with Gasteiger partial charge in [-0.2, -0.15) is 31.3 Å². The first kappa shape index (κ1) is 16.1. The van der Waals surface area contributed by atoms with E-state index in [0.717, 1.165) is 19.3 Å². The van der Waals surface area contributed by atoms with Gasteiger partial charge in [-0.15, -0.1) is 0 Å². The Balaban J connectivity index is 2.24. The van der Waals surface area contributed by atoms with Gasteiger partial charge >= 0.3 is 12.4 Å². The molecular weight excluding hydrogens is 304 g/mol. The molecule has 4 nitrogen and oxygen atoms in total. The minimum absolute atomic E-state index is 0.162. The first-order valence-corrected chi connectivity index (χ1v) is 6.40. The van der Waals surface area contributed by atoms with Crippen molar-refractivity contribution >= 4 is 0 Å². The summed E-state index contributed by atoms with van der Waals surface area (Å²) in [4.78, 5) is 3.33. The Kier molecular flexibility index (Phi) is 4.45. The fourth-order valence-corrected chi connectivity index (χ4v) is 2.22. The third kappa shape index (κ3) is 3.86. The van der Waals surface area contributed by atoms with Crippen LogP contribution in [0.3, 0.4) is 0 Å². The number of aromatic nitrogens is 2. The molecule has 1 N–H and O–H groups in total. The Morgan fingerprint density at radius 3 is 2.33 bits per heavy atom. The Morgan fingerprint density at radius 2 is 1.71 bits per heavy atom. The molecule has 2 heterocycles. The summed E-state index contributed by atoms with van der Waals surface area (Å²) in [5, 5.41) is 6.26. The van der Waals surface area contributed by atoms with E-state index in [2.05, 4.69) is 20.0 Å². The van der Waals surface area contributed by atoms with Gasteiger partial charge in [0.15, 0.2) is 5.82 Å². The average molecular weight is 317 g/mol. The Labute approximate surface area is 115 Å². The zero-order valence-electron chi connectivity index (χ0n) is 10.8. The van der Waals surface area contributed by atoms with Crippen molar-refractivity contribution in [2.45, 2.75) is 50.0 Å². The van der Waals surface area contributed by atoms with Crippen LogP contribution in [0.1, 0.15) is 49.4 Å². The largest absolute Gasteiger partial charge is 0.409 e. The minimum Gasteiger partial charge on any atom is -0.338 e. The topological polar surface area (TPSA) is 51.0 Å². The minimum atomic E-state index is -5.53. The maximum atomic E-state index is 12.6. The van der Waals surface area contributed by atoms with E-state index in [1.54, 1.807) is 0 Å². The molecule has 0 aromatic carbocycles. The normalized spacial score (nSPS) is 21.6. The number of hydrogen-bond acceptors (Lipinski definition) is 4. The fourth-order valence-electron chi connectivity index (χ4n) is 2.22. The molecule has 1 saturated heterocycles. The van der Waals surface area contributed by atoms with Crippen LogP contribution in [-0.2, 0) is 0 Å². The summed E-state index contributed by atoms with van der Waals surface area (Å²) in [5.41, 5.74) is 0. The second-order valence-electron chi connectivity index (χ2n) is 4.86. The summed E-state index contributed by atoms with van der Waals surface area (Å²) in [6.45, 7) is 0.608. The third-order valence-electron chi connectivity index (χ3n) is 3.23. The van der Waals surface area contributed by atoms with Gasteiger partial charge < -0.3 is 9.84 Å². The molecule has 0 aliphatic carbocycles. The fraction of sp³-hybridized carbons (Fsp3) is 0.818. The highest BCUT2D eigenvalue weighted by molar-refractivity contribution is 5.04. The molecule has 21 heavy (non-hydrogen) atoms. The molecule has 0 amide bonds. The smallest absolute Gasteiger partial charge is 0.338 e. The summed E-state index contributed by atoms with van der Waals surface area (Å²) in [5.74, 6) is -5.38. The van der Waals surface area contributed by atoms with Gasteiger partial charge in [0.1, 0.15) is 0 Å². The second-order valence-corrected chi connectivity index (χ2v) is 4.86. The van der Waals surface area contributed by atoms with E-state index >= 15 is 0 Å². The van der Waals surface area contributed by atoms with Crippen molar-refractivity contribution in [1.82, 2.24) is 15.5 Å². The van der Waals surface area contributed by atoms with E-state index in [1.807, 2.05) is 0 Å². The molecule has 1 aliphatic rings. The number of hydrogen-bond donors (Lipinski definition) is 1. The van der Waals surface area contributed by atoms with E-state index in [4.69, 9.17) is 0 Å². The summed E-state index contributed by atoms with van der Waals surface area (Å²) < 4.78 is 79.6. The molecule has 1 atom stereocenters. The maximum Gasteiger partial charge on any atom is 0.409 e. The van der Waals surface area contributed by atoms with E-state index in [0.29, 0.717) is 13.0 Å². The molecule has 1 aromatic heterocycles. The van der Waals surface area contributed by atoms with Gasteiger partial charge in [0.2, 0.25) is 11.8 Å². The Bertz CT molecular complexity index is 447. The van der Waals surface area contributed by atoms with Crippen molar-refractivity contribution < 1.29 is 30.9 Å². The van der Waals surface area contributed by atoms with Gasteiger partial charge in [0, 0.05) is 0 Å². The van der Waals surface area contributed by atoms with Crippen LogP contribution in [0.15, 0.2) is 4.52 Å². The molecular formula is C11H13F6N3O. The predicted octanol–water partition coefficient (Wildman–Crippen LogP) is 3.48. The summed E-state index contributed by atoms with van der Waals surface area (Å²) in [6, 6.07) is -0.480. The van der Waals surface area contributed by atoms with Crippen LogP contribution in [0.25, 0.3) is 0 Å². The third-order valence-corrected chi connectivity index (χ3v) is 3.23. The van der Waals surface area contributed by atoms with Gasteiger partial charge in [0.05, 0.1) is 6.04 Å². The van der Waals surface area contributed by atoms with Crippen molar-refractivity contribution in [1.29, 1.82) is 0 Å². The SMILES string of the molecule is FC(F)(F)C(c1nc(C2CCCCCN2)no1)C(F)(F)F. The molecule has 0 bridgehead atoms. The lowest BCUT2D eigenvalue weighted by atomic mass is 10.1. The Morgan fingerprint density at radius 1 is 1.05 bits per heavy atom. The van der Waals surface area contributed by atoms with Crippen LogP contribution in [0.4, 0.5) is 26.3 Å². The van der Waals surface area contributed by atoms with E-state index in [-0.39, 0.29) is 5.82 Å². The van der Waals surface area contributed by atoms with Crippen molar-refractivity contribution in [3.8, 4) is 0 Å². The van der Waals surface area contributed by atoms with E-state index in [9.17, 15) is 26.3 Å². The molecule has 120 valence electrons. The van der Waals surface area contributed by atoms with Crippen LogP contribution < -0.4 is 5.32 Å². The van der Waals surface area contributed by atoms with Crippen LogP contribution >= 0.6 is 0 Å². The van der Waals surface area contributed by atoms with Crippen LogP contribution in [0.5, 0.6) is 0 Å². The first-order chi connectivity index (χ1) is 9.69. The molecule has 0 spiro atoms. The van der Waals surface area contributed by atoms with Crippen molar-refractivity contribution in [2.24, 2.45) is 0 Å². The number of halogens is 6. The second kappa shape index (κ2) is 5.82. The average Bonchev–Trinajstić information content (AvgIpc) is 2.61. The van der Waals surface area contributed by atoms with E-state index < -0.39 is 30.2 Å². The standard InChI is InChI=1S/C11H13F6N3O/c12-10(13,14)7(11(15,16)17)9-19-8(20-21-9)6-4-2-1-3-5-18-6/h6-7,18H,1-5H2. The quantitative estimate of drug-likeness (QED) is 0.849. The lowest BCUT2D eigenvalue weighted by molar-refractivity contribution is -0.259. The number of nitrogens with zero attached hydrogens (tertiary/aromatic N) is 2. The zero-order valence-corrected chi connectivity index (χ0v) is 10.8. The number of alkyl halides is 6. The zero-order chi connectivity index (χ0) is 15.7. The van der Waals surface area contributed by atoms with Crippen molar-refractivity contribution in [2.75, 3.05) is 6.54 Å². The lowest BCUT2D eigenvalue weighted by Crippen LogP contribution is -2.34. The van der Waals surface area contributed by atoms with Crippen LogP contribution in [0.2, 0.25) is 0 Å². The highest BCUT2D eigenvalue weighted by Crippen LogP contribution is 2.45.